The smallest absolute Gasteiger partial charge is 0.323 e. The van der Waals surface area contributed by atoms with E-state index in [0.717, 1.165) is 18.5 Å². The number of nitrogens with zero attached hydrogens (tertiary/aromatic N) is 2. The first kappa shape index (κ1) is 17.4. The first-order valence-corrected chi connectivity index (χ1v) is 8.48. The van der Waals surface area contributed by atoms with Crippen LogP contribution in [0.25, 0.3) is 0 Å². The number of aromatic nitrogens is 2. The fourth-order valence-corrected chi connectivity index (χ4v) is 3.30. The summed E-state index contributed by atoms with van der Waals surface area (Å²) >= 11 is 0. The fraction of sp³-hybridized carbons (Fsp3) is 0.444. The second kappa shape index (κ2) is 7.65. The lowest BCUT2D eigenvalue weighted by Gasteiger charge is -2.14. The highest BCUT2D eigenvalue weighted by atomic mass is 19.1. The zero-order valence-electron chi connectivity index (χ0n) is 14.5. The Morgan fingerprint density at radius 2 is 2.04 bits per heavy atom. The molecule has 0 aliphatic heterocycles. The van der Waals surface area contributed by atoms with Crippen LogP contribution in [-0.2, 0) is 11.3 Å². The van der Waals surface area contributed by atoms with Crippen LogP contribution < -0.4 is 10.6 Å². The van der Waals surface area contributed by atoms with Gasteiger partial charge in [-0.05, 0) is 38.0 Å². The molecule has 134 valence electrons. The Morgan fingerprint density at radius 3 is 2.76 bits per heavy atom. The van der Waals surface area contributed by atoms with Crippen molar-refractivity contribution in [2.24, 2.45) is 0 Å². The molecule has 0 unspecified atom stereocenters. The van der Waals surface area contributed by atoms with Gasteiger partial charge in [0.25, 0.3) is 0 Å². The molecule has 2 N–H and O–H groups in total. The van der Waals surface area contributed by atoms with Gasteiger partial charge in [0.15, 0.2) is 0 Å². The molecule has 2 aromatic rings. The molecule has 0 radical (unpaired) electrons. The third kappa shape index (κ3) is 3.99. The number of carbonyl (C=O) groups is 1. The van der Waals surface area contributed by atoms with E-state index in [-0.39, 0.29) is 12.4 Å². The van der Waals surface area contributed by atoms with E-state index in [9.17, 15) is 9.18 Å². The number of carbonyl (C=O) groups excluding carboxylic acids is 1. The number of hydrogen-bond donors (Lipinski definition) is 2. The molecule has 25 heavy (non-hydrogen) atoms. The number of methoxy groups -OCH3 is 1. The van der Waals surface area contributed by atoms with Crippen molar-refractivity contribution in [2.75, 3.05) is 17.7 Å². The van der Waals surface area contributed by atoms with Crippen LogP contribution in [0, 0.1) is 12.7 Å². The summed E-state index contributed by atoms with van der Waals surface area (Å²) in [6.45, 7) is 2.17. The zero-order chi connectivity index (χ0) is 17.8. The third-order valence-corrected chi connectivity index (χ3v) is 4.58. The molecule has 3 rings (SSSR count). The van der Waals surface area contributed by atoms with Gasteiger partial charge in [0.2, 0.25) is 0 Å². The number of hydrogen-bond acceptors (Lipinski definition) is 3. The molecule has 7 heteroatoms. The molecule has 2 amide bonds. The van der Waals surface area contributed by atoms with Crippen molar-refractivity contribution < 1.29 is 13.9 Å². The first-order valence-electron chi connectivity index (χ1n) is 8.48. The van der Waals surface area contributed by atoms with Gasteiger partial charge >= 0.3 is 6.03 Å². The van der Waals surface area contributed by atoms with E-state index in [2.05, 4.69) is 15.7 Å². The highest BCUT2D eigenvalue weighted by Gasteiger charge is 2.21. The predicted octanol–water partition coefficient (Wildman–Crippen LogP) is 4.24. The van der Waals surface area contributed by atoms with Crippen LogP contribution in [0.1, 0.15) is 43.0 Å². The summed E-state index contributed by atoms with van der Waals surface area (Å²) < 4.78 is 20.4. The van der Waals surface area contributed by atoms with Crippen molar-refractivity contribution in [1.82, 2.24) is 9.78 Å². The monoisotopic (exact) mass is 346 g/mol. The first-order chi connectivity index (χ1) is 12.1. The Kier molecular flexibility index (Phi) is 5.33. The van der Waals surface area contributed by atoms with E-state index in [1.54, 1.807) is 6.20 Å². The van der Waals surface area contributed by atoms with Gasteiger partial charge in [0.1, 0.15) is 5.82 Å². The van der Waals surface area contributed by atoms with Crippen LogP contribution >= 0.6 is 0 Å². The van der Waals surface area contributed by atoms with Crippen molar-refractivity contribution >= 4 is 17.4 Å². The molecule has 1 aromatic heterocycles. The summed E-state index contributed by atoms with van der Waals surface area (Å²) in [7, 11) is 1.52. The van der Waals surface area contributed by atoms with Gasteiger partial charge in [-0.15, -0.1) is 0 Å². The molecule has 0 spiro atoms. The van der Waals surface area contributed by atoms with Crippen molar-refractivity contribution in [3.63, 3.8) is 0 Å². The molecule has 6 nitrogen and oxygen atoms in total. The maximum atomic E-state index is 13.4. The van der Waals surface area contributed by atoms with Crippen molar-refractivity contribution in [3.05, 3.63) is 41.5 Å². The average Bonchev–Trinajstić information content (AvgIpc) is 3.21. The predicted molar refractivity (Wildman–Crippen MR) is 94.2 cm³/mol. The van der Waals surface area contributed by atoms with Gasteiger partial charge in [0.05, 0.1) is 30.2 Å². The van der Waals surface area contributed by atoms with E-state index in [1.807, 2.05) is 11.6 Å². The van der Waals surface area contributed by atoms with Crippen LogP contribution in [-0.4, -0.2) is 22.9 Å². The summed E-state index contributed by atoms with van der Waals surface area (Å²) in [5.41, 5.74) is 2.72. The normalized spacial score (nSPS) is 14.7. The summed E-state index contributed by atoms with van der Waals surface area (Å²) in [5.74, 6) is -0.369. The Balaban J connectivity index is 1.69. The summed E-state index contributed by atoms with van der Waals surface area (Å²) in [6, 6.07) is 4.21. The van der Waals surface area contributed by atoms with Gasteiger partial charge in [-0.25, -0.2) is 9.18 Å². The number of ether oxygens (including phenoxy) is 1. The summed E-state index contributed by atoms with van der Waals surface area (Å²) in [5, 5.41) is 9.98. The summed E-state index contributed by atoms with van der Waals surface area (Å²) in [6.07, 6.45) is 6.38. The van der Waals surface area contributed by atoms with E-state index >= 15 is 0 Å². The number of urea groups is 1. The lowest BCUT2D eigenvalue weighted by Crippen LogP contribution is -2.21. The van der Waals surface area contributed by atoms with Crippen LogP contribution in [0.2, 0.25) is 0 Å². The number of rotatable bonds is 5. The Hall–Kier alpha value is -2.41. The SMILES string of the molecule is COCc1cc(F)ccc1NC(=O)Nc1cnn(C2CCCC2)c1C. The molecule has 1 aromatic carbocycles. The van der Waals surface area contributed by atoms with E-state index in [1.165, 1.54) is 38.2 Å². The minimum absolute atomic E-state index is 0.214. The minimum atomic E-state index is -0.391. The van der Waals surface area contributed by atoms with E-state index in [0.29, 0.717) is 23.0 Å². The topological polar surface area (TPSA) is 68.2 Å². The highest BCUT2D eigenvalue weighted by Crippen LogP contribution is 2.31. The molecular formula is C18H23FN4O2. The van der Waals surface area contributed by atoms with E-state index in [4.69, 9.17) is 4.74 Å². The van der Waals surface area contributed by atoms with Crippen LogP contribution in [0.4, 0.5) is 20.6 Å². The molecule has 0 saturated heterocycles. The Bertz CT molecular complexity index is 754. The molecule has 0 bridgehead atoms. The maximum Gasteiger partial charge on any atom is 0.323 e. The van der Waals surface area contributed by atoms with Gasteiger partial charge in [-0.2, -0.15) is 5.10 Å². The third-order valence-electron chi connectivity index (χ3n) is 4.58. The summed E-state index contributed by atoms with van der Waals surface area (Å²) in [4.78, 5) is 12.3. The quantitative estimate of drug-likeness (QED) is 0.851. The lowest BCUT2D eigenvalue weighted by molar-refractivity contribution is 0.185. The number of anilines is 2. The standard InChI is InChI=1S/C18H23FN4O2/c1-12-17(10-20-23(12)15-5-3-4-6-15)22-18(24)21-16-8-7-14(19)9-13(16)11-25-2/h7-10,15H,3-6,11H2,1-2H3,(H2,21,22,24). The molecular weight excluding hydrogens is 323 g/mol. The fourth-order valence-electron chi connectivity index (χ4n) is 3.30. The Morgan fingerprint density at radius 1 is 1.32 bits per heavy atom. The van der Waals surface area contributed by atoms with Gasteiger partial charge in [-0.1, -0.05) is 12.8 Å². The number of halogens is 1. The molecule has 1 aliphatic carbocycles. The van der Waals surface area contributed by atoms with Crippen LogP contribution in [0.3, 0.4) is 0 Å². The van der Waals surface area contributed by atoms with E-state index < -0.39 is 6.03 Å². The van der Waals surface area contributed by atoms with Gasteiger partial charge < -0.3 is 15.4 Å². The second-order valence-corrected chi connectivity index (χ2v) is 6.34. The number of benzene rings is 1. The van der Waals surface area contributed by atoms with Crippen LogP contribution in [0.15, 0.2) is 24.4 Å². The molecule has 1 saturated carbocycles. The number of nitrogens with one attached hydrogen (secondary N) is 2. The average molecular weight is 346 g/mol. The maximum absolute atomic E-state index is 13.4. The van der Waals surface area contributed by atoms with Crippen molar-refractivity contribution in [1.29, 1.82) is 0 Å². The largest absolute Gasteiger partial charge is 0.380 e. The molecule has 0 atom stereocenters. The van der Waals surface area contributed by atoms with Crippen LogP contribution in [0.5, 0.6) is 0 Å². The molecule has 1 aliphatic rings. The Labute approximate surface area is 146 Å². The van der Waals surface area contributed by atoms with Gasteiger partial charge in [0, 0.05) is 18.4 Å². The van der Waals surface area contributed by atoms with Gasteiger partial charge in [-0.3, -0.25) is 4.68 Å². The molecule has 1 fully saturated rings. The van der Waals surface area contributed by atoms with Crippen molar-refractivity contribution in [2.45, 2.75) is 45.3 Å². The molecule has 1 heterocycles. The second-order valence-electron chi connectivity index (χ2n) is 6.34. The minimum Gasteiger partial charge on any atom is -0.380 e. The lowest BCUT2D eigenvalue weighted by atomic mass is 10.2. The number of amides is 2. The van der Waals surface area contributed by atoms with Crippen molar-refractivity contribution in [3.8, 4) is 0 Å². The highest BCUT2D eigenvalue weighted by molar-refractivity contribution is 6.00. The zero-order valence-corrected chi connectivity index (χ0v) is 14.5.